The van der Waals surface area contributed by atoms with Crippen LogP contribution in [-0.2, 0) is 19.2 Å². The summed E-state index contributed by atoms with van der Waals surface area (Å²) in [6.45, 7) is 0. The number of carboxylic acid groups (broad SMARTS) is 4. The fraction of sp³-hybridized carbons (Fsp3) is 0.500. The van der Waals surface area contributed by atoms with Gasteiger partial charge in [0.05, 0.1) is 0 Å². The molecule has 2 atom stereocenters. The topological polar surface area (TPSA) is 149 Å². The predicted molar refractivity (Wildman–Crippen MR) is 51.7 cm³/mol. The van der Waals surface area contributed by atoms with E-state index in [4.69, 9.17) is 20.4 Å². The molecule has 8 nitrogen and oxygen atoms in total. The zero-order valence-corrected chi connectivity index (χ0v) is 12.0. The van der Waals surface area contributed by atoms with E-state index in [-0.39, 0.29) is 0 Å². The van der Waals surface area contributed by atoms with Gasteiger partial charge >= 0.3 is 131 Å². The third-order valence-corrected chi connectivity index (χ3v) is 4.76. The molecule has 4 N–H and O–H groups in total. The van der Waals surface area contributed by atoms with Gasteiger partial charge in [-0.2, -0.15) is 0 Å². The minimum atomic E-state index is -1.98. The fourth-order valence-electron chi connectivity index (χ4n) is 1.42. The van der Waals surface area contributed by atoms with E-state index < -0.39 is 91.1 Å². The summed E-state index contributed by atoms with van der Waals surface area (Å²) in [6, 6.07) is 0. The van der Waals surface area contributed by atoms with Gasteiger partial charge in [-0.3, -0.25) is 0 Å². The molecular weight excluding hydrogens is 263 g/mol. The van der Waals surface area contributed by atoms with Crippen LogP contribution in [0.2, 0.25) is -0.490 Å². The molecule has 0 heterocycles. The Hall–Kier alpha value is -0.484. The summed E-state index contributed by atoms with van der Waals surface area (Å²) in [6.07, 6.45) is -1.79. The van der Waals surface area contributed by atoms with E-state index >= 15 is 0 Å². The van der Waals surface area contributed by atoms with Gasteiger partial charge in [0.1, 0.15) is 0 Å². The number of aliphatic carboxylic acids is 4. The van der Waals surface area contributed by atoms with Crippen molar-refractivity contribution in [3.8, 4) is 0 Å². The SMILES string of the molecule is O=C(O)CC(C(=O)O)[C]([K])(CC(=O)O)C(=O)O. The Kier molecular flexibility index (Phi) is 6.27. The molecule has 17 heavy (non-hydrogen) atoms. The van der Waals surface area contributed by atoms with Gasteiger partial charge in [-0.25, -0.2) is 0 Å². The first kappa shape index (κ1) is 16.5. The molecule has 9 heteroatoms. The molecule has 0 saturated carbocycles. The Labute approximate surface area is 129 Å². The van der Waals surface area contributed by atoms with E-state index in [1.165, 1.54) is 0 Å². The number of carboxylic acids is 4. The molecule has 0 aromatic carbocycles. The monoisotopic (exact) mass is 272 g/mol. The first-order valence-corrected chi connectivity index (χ1v) is 6.07. The Morgan fingerprint density at radius 3 is 1.71 bits per heavy atom. The van der Waals surface area contributed by atoms with Crippen molar-refractivity contribution in [2.45, 2.75) is 12.4 Å². The molecule has 0 bridgehead atoms. The summed E-state index contributed by atoms with van der Waals surface area (Å²) in [7, 11) is 0. The van der Waals surface area contributed by atoms with E-state index in [0.717, 1.165) is 0 Å². The van der Waals surface area contributed by atoms with Gasteiger partial charge < -0.3 is 0 Å². The first-order valence-electron chi connectivity index (χ1n) is 4.51. The summed E-state index contributed by atoms with van der Waals surface area (Å²) in [5.74, 6) is -7.85. The van der Waals surface area contributed by atoms with E-state index in [1.54, 1.807) is 0 Å². The van der Waals surface area contributed by atoms with Crippen LogP contribution in [0.15, 0.2) is 0 Å². The van der Waals surface area contributed by atoms with Crippen LogP contribution in [0.5, 0.6) is 0 Å². The summed E-state index contributed by atoms with van der Waals surface area (Å²) in [5.41, 5.74) is 0. The average Bonchev–Trinajstić information content (AvgIpc) is 2.11. The Morgan fingerprint density at radius 2 is 1.47 bits per heavy atom. The van der Waals surface area contributed by atoms with Crippen molar-refractivity contribution < 1.29 is 39.6 Å². The van der Waals surface area contributed by atoms with Crippen LogP contribution in [0.3, 0.4) is 0 Å². The molecule has 0 aromatic heterocycles. The zero-order valence-electron chi connectivity index (χ0n) is 8.91. The molecular formula is C8H9KO8. The van der Waals surface area contributed by atoms with Gasteiger partial charge in [-0.1, -0.05) is 0 Å². The number of hydrogen-bond acceptors (Lipinski definition) is 4. The van der Waals surface area contributed by atoms with Gasteiger partial charge in [-0.15, -0.1) is 0 Å². The maximum absolute atomic E-state index is 11.0. The molecule has 0 aromatic rings. The number of hydrogen-bond donors (Lipinski definition) is 4. The average molecular weight is 272 g/mol. The fourth-order valence-corrected chi connectivity index (χ4v) is 2.60. The molecule has 2 unspecified atom stereocenters. The second-order valence-electron chi connectivity index (χ2n) is 3.78. The van der Waals surface area contributed by atoms with Crippen LogP contribution >= 0.6 is 0 Å². The van der Waals surface area contributed by atoms with Crippen LogP contribution in [0.1, 0.15) is 12.8 Å². The normalized spacial score (nSPS) is 15.6. The second kappa shape index (κ2) is 6.45. The predicted octanol–water partition coefficient (Wildman–Crippen LogP) is -0.952. The third-order valence-electron chi connectivity index (χ3n) is 2.45. The van der Waals surface area contributed by atoms with Gasteiger partial charge in [-0.05, 0) is 0 Å². The number of carbonyl (C=O) groups is 4. The van der Waals surface area contributed by atoms with Crippen molar-refractivity contribution in [1.29, 1.82) is 0 Å². The zero-order chi connectivity index (χ0) is 13.8. The molecule has 0 aliphatic heterocycles. The molecule has 0 rings (SSSR count). The second-order valence-corrected chi connectivity index (χ2v) is 6.57. The van der Waals surface area contributed by atoms with Crippen LogP contribution in [0.25, 0.3) is 0 Å². The van der Waals surface area contributed by atoms with Crippen molar-refractivity contribution in [3.63, 3.8) is 0 Å². The van der Waals surface area contributed by atoms with Crippen molar-refractivity contribution >= 4 is 72.8 Å². The minimum absolute atomic E-state index is 0.706. The van der Waals surface area contributed by atoms with Crippen LogP contribution in [0, 0.1) is 5.92 Å². The van der Waals surface area contributed by atoms with Crippen LogP contribution in [-0.4, -0.2) is 93.3 Å². The molecule has 0 radical (unpaired) electrons. The summed E-state index contributed by atoms with van der Waals surface area (Å²) in [5, 5.41) is 34.9. The van der Waals surface area contributed by atoms with Crippen molar-refractivity contribution in [2.24, 2.45) is 5.92 Å². The molecule has 0 aliphatic carbocycles. The summed E-state index contributed by atoms with van der Waals surface area (Å²) in [4.78, 5) is 42.9. The molecule has 0 amide bonds. The third kappa shape index (κ3) is 4.72. The Morgan fingerprint density at radius 1 is 1.00 bits per heavy atom. The van der Waals surface area contributed by atoms with Gasteiger partial charge in [0, 0.05) is 0 Å². The molecule has 0 spiro atoms. The van der Waals surface area contributed by atoms with E-state index in [9.17, 15) is 19.2 Å². The maximum atomic E-state index is 11.0. The first-order chi connectivity index (χ1) is 7.61. The number of rotatable bonds is 7. The molecule has 90 valence electrons. The van der Waals surface area contributed by atoms with Crippen molar-refractivity contribution in [1.82, 2.24) is 0 Å². The van der Waals surface area contributed by atoms with Gasteiger partial charge in [0.25, 0.3) is 0 Å². The quantitative estimate of drug-likeness (QED) is 0.433. The van der Waals surface area contributed by atoms with E-state index in [2.05, 4.69) is 0 Å². The Bertz CT molecular complexity index is 365. The molecule has 0 aliphatic rings. The van der Waals surface area contributed by atoms with Crippen LogP contribution < -0.4 is 0 Å². The Balaban J connectivity index is 5.36. The molecule has 0 fully saturated rings. The van der Waals surface area contributed by atoms with Gasteiger partial charge in [0.15, 0.2) is 0 Å². The van der Waals surface area contributed by atoms with E-state index in [1.807, 2.05) is 0 Å². The van der Waals surface area contributed by atoms with E-state index in [0.29, 0.717) is 0 Å². The summed E-state index contributed by atoms with van der Waals surface area (Å²) < 4.78 is -1.98. The molecule has 0 saturated heterocycles. The summed E-state index contributed by atoms with van der Waals surface area (Å²) >= 11 is -0.706. The van der Waals surface area contributed by atoms with Crippen LogP contribution in [0.4, 0.5) is 0 Å². The standard InChI is InChI=1S/C8H9O8.K/c9-5(10)1-3(7(13)14)4(8(15)16)2-6(11)12;/h3H,1-2H2,(H,9,10)(H,11,12)(H,13,14)(H,15,16);. The van der Waals surface area contributed by atoms with Crippen molar-refractivity contribution in [2.75, 3.05) is 0 Å². The van der Waals surface area contributed by atoms with Gasteiger partial charge in [0.2, 0.25) is 0 Å². The van der Waals surface area contributed by atoms with Crippen molar-refractivity contribution in [3.05, 3.63) is 0 Å².